The number of ether oxygens (including phenoxy) is 1. The van der Waals surface area contributed by atoms with Gasteiger partial charge in [0.25, 0.3) is 0 Å². The Labute approximate surface area is 141 Å². The first-order chi connectivity index (χ1) is 10.4. The van der Waals surface area contributed by atoms with Crippen LogP contribution in [0.1, 0.15) is 30.1 Å². The minimum absolute atomic E-state index is 0. The van der Waals surface area contributed by atoms with Gasteiger partial charge >= 0.3 is 5.97 Å². The van der Waals surface area contributed by atoms with E-state index in [1.165, 1.54) is 0 Å². The third kappa shape index (κ3) is 5.13. The molecule has 0 amide bonds. The molecule has 0 radical (unpaired) electrons. The van der Waals surface area contributed by atoms with E-state index in [4.69, 9.17) is 10.5 Å². The molecule has 0 aromatic heterocycles. The number of nitrogens with two attached hydrogens (primary N) is 1. The Kier molecular flexibility index (Phi) is 6.94. The monoisotopic (exact) mass is 366 g/mol. The zero-order chi connectivity index (χ0) is 16.3. The number of hydrogen-bond donors (Lipinski definition) is 2. The first-order valence-electron chi connectivity index (χ1n) is 7.07. The minimum Gasteiger partial charge on any atom is -0.462 e. The van der Waals surface area contributed by atoms with E-state index in [1.807, 2.05) is 0 Å². The van der Waals surface area contributed by atoms with Gasteiger partial charge in [-0.05, 0) is 43.9 Å². The molecule has 0 aliphatic heterocycles. The lowest BCUT2D eigenvalue weighted by atomic mass is 10.2. The molecule has 0 heterocycles. The van der Waals surface area contributed by atoms with Gasteiger partial charge in [-0.25, -0.2) is 22.3 Å². The Hall–Kier alpha value is -1.22. The van der Waals surface area contributed by atoms with Gasteiger partial charge in [0.05, 0.1) is 17.1 Å². The predicted octanol–water partition coefficient (Wildman–Crippen LogP) is 1.44. The molecule has 1 unspecified atom stereocenters. The van der Waals surface area contributed by atoms with E-state index in [2.05, 4.69) is 4.72 Å². The zero-order valence-electron chi connectivity index (χ0n) is 12.6. The Bertz CT molecular complexity index is 665. The molecule has 0 saturated heterocycles. The van der Waals surface area contributed by atoms with E-state index in [1.54, 1.807) is 6.92 Å². The third-order valence-corrected chi connectivity index (χ3v) is 4.91. The highest BCUT2D eigenvalue weighted by Crippen LogP contribution is 2.33. The number of hydrogen-bond acceptors (Lipinski definition) is 5. The quantitative estimate of drug-likeness (QED) is 0.711. The smallest absolute Gasteiger partial charge is 0.338 e. The van der Waals surface area contributed by atoms with Crippen LogP contribution in [0, 0.1) is 11.7 Å². The van der Waals surface area contributed by atoms with Crippen molar-refractivity contribution in [3.8, 4) is 0 Å². The van der Waals surface area contributed by atoms with Crippen LogP contribution in [0.2, 0.25) is 0 Å². The lowest BCUT2D eigenvalue weighted by Gasteiger charge is -2.16. The molecule has 1 aliphatic carbocycles. The average molecular weight is 367 g/mol. The fraction of sp³-hybridized carbons (Fsp3) is 0.500. The summed E-state index contributed by atoms with van der Waals surface area (Å²) in [4.78, 5) is 11.3. The molecule has 6 nitrogen and oxygen atoms in total. The van der Waals surface area contributed by atoms with Crippen LogP contribution in [0.5, 0.6) is 0 Å². The van der Waals surface area contributed by atoms with E-state index in [9.17, 15) is 17.6 Å². The summed E-state index contributed by atoms with van der Waals surface area (Å²) in [6.07, 6.45) is 1.84. The van der Waals surface area contributed by atoms with Gasteiger partial charge in [-0.2, -0.15) is 0 Å². The number of carbonyl (C=O) groups excluding carboxylic acids is 1. The van der Waals surface area contributed by atoms with Crippen molar-refractivity contribution in [2.45, 2.75) is 30.7 Å². The summed E-state index contributed by atoms with van der Waals surface area (Å²) in [7, 11) is -3.95. The molecule has 3 N–H and O–H groups in total. The summed E-state index contributed by atoms with van der Waals surface area (Å²) in [5.74, 6) is -1.37. The van der Waals surface area contributed by atoms with Gasteiger partial charge in [-0.3, -0.25) is 0 Å². The maximum absolute atomic E-state index is 13.6. The van der Waals surface area contributed by atoms with Crippen molar-refractivity contribution >= 4 is 28.4 Å². The van der Waals surface area contributed by atoms with Crippen molar-refractivity contribution in [3.05, 3.63) is 29.6 Å². The number of carbonyl (C=O) groups is 1. The molecule has 1 saturated carbocycles. The van der Waals surface area contributed by atoms with Crippen LogP contribution in [0.4, 0.5) is 4.39 Å². The van der Waals surface area contributed by atoms with E-state index in [0.29, 0.717) is 0 Å². The van der Waals surface area contributed by atoms with Gasteiger partial charge in [0.1, 0.15) is 5.82 Å². The molecule has 1 fully saturated rings. The molecular formula is C14H20ClFN2O4S. The molecule has 1 aliphatic rings. The van der Waals surface area contributed by atoms with Crippen molar-refractivity contribution in [2.75, 3.05) is 13.2 Å². The van der Waals surface area contributed by atoms with Gasteiger partial charge in [-0.1, -0.05) is 0 Å². The summed E-state index contributed by atoms with van der Waals surface area (Å²) < 4.78 is 45.5. The standard InChI is InChI=1S/C14H19FN2O4S.ClH/c1-2-21-14(18)10-5-11(15)7-12(6-10)22(19,20)17-13(8-16)9-3-4-9;/h5-7,9,13,17H,2-4,8,16H2,1H3;1H. The van der Waals surface area contributed by atoms with Gasteiger partial charge in [-0.15, -0.1) is 12.4 Å². The molecule has 1 atom stereocenters. The van der Waals surface area contributed by atoms with Gasteiger partial charge < -0.3 is 10.5 Å². The minimum atomic E-state index is -3.95. The number of benzene rings is 1. The molecule has 1 aromatic carbocycles. The van der Waals surface area contributed by atoms with Gasteiger partial charge in [0, 0.05) is 12.6 Å². The van der Waals surface area contributed by atoms with Crippen molar-refractivity contribution in [1.82, 2.24) is 4.72 Å². The highest BCUT2D eigenvalue weighted by molar-refractivity contribution is 7.89. The normalized spacial score (nSPS) is 15.6. The lowest BCUT2D eigenvalue weighted by molar-refractivity contribution is 0.0525. The number of rotatable bonds is 7. The summed E-state index contributed by atoms with van der Waals surface area (Å²) in [6, 6.07) is 2.53. The second-order valence-corrected chi connectivity index (χ2v) is 6.91. The van der Waals surface area contributed by atoms with Crippen LogP contribution in [0.25, 0.3) is 0 Å². The maximum Gasteiger partial charge on any atom is 0.338 e. The molecular weight excluding hydrogens is 347 g/mol. The Morgan fingerprint density at radius 3 is 2.61 bits per heavy atom. The lowest BCUT2D eigenvalue weighted by Crippen LogP contribution is -2.41. The number of sulfonamides is 1. The van der Waals surface area contributed by atoms with Crippen LogP contribution in [0.3, 0.4) is 0 Å². The average Bonchev–Trinajstić information content (AvgIpc) is 3.29. The number of nitrogens with one attached hydrogen (secondary N) is 1. The van der Waals surface area contributed by atoms with Crippen molar-refractivity contribution < 1.29 is 22.3 Å². The van der Waals surface area contributed by atoms with E-state index in [0.717, 1.165) is 31.0 Å². The van der Waals surface area contributed by atoms with Crippen molar-refractivity contribution in [2.24, 2.45) is 11.7 Å². The number of halogens is 2. The molecule has 0 spiro atoms. The molecule has 1 aromatic rings. The SMILES string of the molecule is CCOC(=O)c1cc(F)cc(S(=O)(=O)NC(CN)C2CC2)c1.Cl. The Morgan fingerprint density at radius 2 is 2.09 bits per heavy atom. The molecule has 130 valence electrons. The van der Waals surface area contributed by atoms with Crippen LogP contribution in [-0.4, -0.2) is 33.6 Å². The first-order valence-corrected chi connectivity index (χ1v) is 8.55. The summed E-state index contributed by atoms with van der Waals surface area (Å²) in [5.41, 5.74) is 5.43. The Morgan fingerprint density at radius 1 is 1.43 bits per heavy atom. The zero-order valence-corrected chi connectivity index (χ0v) is 14.3. The highest BCUT2D eigenvalue weighted by Gasteiger charge is 2.33. The van der Waals surface area contributed by atoms with Gasteiger partial charge in [0.15, 0.2) is 0 Å². The second kappa shape index (κ2) is 8.05. The summed E-state index contributed by atoms with van der Waals surface area (Å²) in [6.45, 7) is 1.90. The van der Waals surface area contributed by atoms with Crippen LogP contribution in [-0.2, 0) is 14.8 Å². The van der Waals surface area contributed by atoms with E-state index >= 15 is 0 Å². The maximum atomic E-state index is 13.6. The molecule has 23 heavy (non-hydrogen) atoms. The fourth-order valence-electron chi connectivity index (χ4n) is 2.15. The predicted molar refractivity (Wildman–Crippen MR) is 85.5 cm³/mol. The van der Waals surface area contributed by atoms with E-state index < -0.39 is 21.8 Å². The fourth-order valence-corrected chi connectivity index (χ4v) is 3.53. The number of esters is 1. The first kappa shape index (κ1) is 19.8. The molecule has 9 heteroatoms. The summed E-state index contributed by atoms with van der Waals surface area (Å²) >= 11 is 0. The Balaban J connectivity index is 0.00000264. The molecule has 0 bridgehead atoms. The topological polar surface area (TPSA) is 98.5 Å². The van der Waals surface area contributed by atoms with Crippen LogP contribution >= 0.6 is 12.4 Å². The van der Waals surface area contributed by atoms with E-state index in [-0.39, 0.29) is 48.0 Å². The highest BCUT2D eigenvalue weighted by atomic mass is 35.5. The largest absolute Gasteiger partial charge is 0.462 e. The van der Waals surface area contributed by atoms with Gasteiger partial charge in [0.2, 0.25) is 10.0 Å². The molecule has 2 rings (SSSR count). The van der Waals surface area contributed by atoms with Crippen LogP contribution < -0.4 is 10.5 Å². The second-order valence-electron chi connectivity index (χ2n) is 5.20. The van der Waals surface area contributed by atoms with Crippen molar-refractivity contribution in [3.63, 3.8) is 0 Å². The van der Waals surface area contributed by atoms with Crippen LogP contribution in [0.15, 0.2) is 23.1 Å². The van der Waals surface area contributed by atoms with Crippen molar-refractivity contribution in [1.29, 1.82) is 0 Å². The summed E-state index contributed by atoms with van der Waals surface area (Å²) in [5, 5.41) is 0. The third-order valence-electron chi connectivity index (χ3n) is 3.44.